The van der Waals surface area contributed by atoms with E-state index in [2.05, 4.69) is 29.6 Å². The van der Waals surface area contributed by atoms with Crippen LogP contribution in [0.5, 0.6) is 0 Å². The first-order valence-corrected chi connectivity index (χ1v) is 13.1. The maximum atomic E-state index is 13.9. The summed E-state index contributed by atoms with van der Waals surface area (Å²) >= 11 is 0. The molecule has 1 heterocycles. The summed E-state index contributed by atoms with van der Waals surface area (Å²) in [5, 5.41) is 11.3. The fourth-order valence-electron chi connectivity index (χ4n) is 5.76. The molecule has 6 nitrogen and oxygen atoms in total. The van der Waals surface area contributed by atoms with Gasteiger partial charge in [-0.25, -0.2) is 4.68 Å². The molecule has 0 spiro atoms. The number of amides is 1. The first-order chi connectivity index (χ1) is 17.0. The zero-order valence-electron chi connectivity index (χ0n) is 21.0. The van der Waals surface area contributed by atoms with E-state index in [1.165, 1.54) is 17.5 Å². The van der Waals surface area contributed by atoms with Crippen molar-refractivity contribution < 1.29 is 18.0 Å². The molecule has 1 aromatic heterocycles. The number of carbonyl (C=O) groups is 1. The molecule has 1 amide bonds. The van der Waals surface area contributed by atoms with Crippen molar-refractivity contribution in [2.75, 3.05) is 11.9 Å². The summed E-state index contributed by atoms with van der Waals surface area (Å²) in [6.07, 6.45) is 3.79. The molecule has 2 fully saturated rings. The number of nitrogens with zero attached hydrogens (tertiary/aromatic N) is 2. The highest BCUT2D eigenvalue weighted by Gasteiger charge is 2.42. The molecule has 4 N–H and O–H groups in total. The van der Waals surface area contributed by atoms with Crippen molar-refractivity contribution in [2.24, 2.45) is 17.1 Å². The van der Waals surface area contributed by atoms with E-state index in [-0.39, 0.29) is 23.1 Å². The third-order valence-electron chi connectivity index (χ3n) is 8.04. The van der Waals surface area contributed by atoms with Crippen molar-refractivity contribution in [3.05, 3.63) is 40.7 Å². The average Bonchev–Trinajstić information content (AvgIpc) is 3.56. The Bertz CT molecular complexity index is 1140. The van der Waals surface area contributed by atoms with Crippen molar-refractivity contribution in [2.45, 2.75) is 89.9 Å². The van der Waals surface area contributed by atoms with Crippen LogP contribution in [0.4, 0.5) is 18.9 Å². The lowest BCUT2D eigenvalue weighted by molar-refractivity contribution is -0.142. The van der Waals surface area contributed by atoms with Gasteiger partial charge in [-0.2, -0.15) is 18.3 Å². The summed E-state index contributed by atoms with van der Waals surface area (Å²) in [5.41, 5.74) is 7.04. The van der Waals surface area contributed by atoms with Gasteiger partial charge >= 0.3 is 6.18 Å². The number of hydrogen-bond donors (Lipinski definition) is 3. The number of benzene rings is 1. The quantitative estimate of drug-likeness (QED) is 0.483. The number of halogens is 3. The smallest absolute Gasteiger partial charge is 0.380 e. The van der Waals surface area contributed by atoms with E-state index >= 15 is 0 Å². The van der Waals surface area contributed by atoms with Crippen LogP contribution in [0.2, 0.25) is 0 Å². The highest BCUT2D eigenvalue weighted by molar-refractivity contribution is 5.99. The van der Waals surface area contributed by atoms with Crippen LogP contribution >= 0.6 is 0 Å². The average molecular weight is 504 g/mol. The van der Waals surface area contributed by atoms with Crippen molar-refractivity contribution in [1.82, 2.24) is 15.1 Å². The van der Waals surface area contributed by atoms with Gasteiger partial charge in [0.1, 0.15) is 0 Å². The summed E-state index contributed by atoms with van der Waals surface area (Å²) in [5.74, 6) is 0.192. The number of carbonyl (C=O) groups excluding carboxylic acids is 1. The van der Waals surface area contributed by atoms with Crippen LogP contribution in [0.25, 0.3) is 5.69 Å². The van der Waals surface area contributed by atoms with E-state index in [0.717, 1.165) is 38.1 Å². The second-order valence-corrected chi connectivity index (χ2v) is 11.6. The Morgan fingerprint density at radius 1 is 1.17 bits per heavy atom. The number of fused-ring (bicyclic) bond motifs is 1. The second kappa shape index (κ2) is 9.39. The van der Waals surface area contributed by atoms with Gasteiger partial charge in [0.25, 0.3) is 5.91 Å². The van der Waals surface area contributed by atoms with Gasteiger partial charge in [-0.05, 0) is 81.0 Å². The van der Waals surface area contributed by atoms with E-state index in [1.54, 1.807) is 18.2 Å². The molecule has 2 aromatic rings. The minimum atomic E-state index is -4.52. The highest BCUT2D eigenvalue weighted by atomic mass is 19.4. The Balaban J connectivity index is 1.50. The SMILES string of the molecule is CC1(C)CCc2c(C(F)(F)F)nn(-c3ccc(C(N)=O)c(N[C@@H]4CCCC[C@H]4NCC4CC4)c3)c2C1. The van der Waals surface area contributed by atoms with Gasteiger partial charge in [0.05, 0.1) is 11.3 Å². The summed E-state index contributed by atoms with van der Waals surface area (Å²) in [6, 6.07) is 5.37. The predicted octanol–water partition coefficient (Wildman–Crippen LogP) is 5.23. The number of nitrogens with one attached hydrogen (secondary N) is 2. The fraction of sp³-hybridized carbons (Fsp3) is 0.630. The fourth-order valence-corrected chi connectivity index (χ4v) is 5.76. The first kappa shape index (κ1) is 25.1. The summed E-state index contributed by atoms with van der Waals surface area (Å²) in [7, 11) is 0. The number of nitrogens with two attached hydrogens (primary N) is 1. The number of aromatic nitrogens is 2. The maximum Gasteiger partial charge on any atom is 0.435 e. The van der Waals surface area contributed by atoms with Gasteiger partial charge in [-0.1, -0.05) is 26.7 Å². The number of hydrogen-bond acceptors (Lipinski definition) is 4. The van der Waals surface area contributed by atoms with Crippen molar-refractivity contribution in [3.63, 3.8) is 0 Å². The third-order valence-corrected chi connectivity index (χ3v) is 8.04. The summed E-state index contributed by atoms with van der Waals surface area (Å²) < 4.78 is 43.1. The minimum Gasteiger partial charge on any atom is -0.380 e. The standard InChI is InChI=1S/C27H36F3N5O/c1-26(2)12-11-19-23(14-26)35(34-24(19)27(28,29)30)17-9-10-18(25(31)36)22(13-17)33-21-6-4-3-5-20(21)32-15-16-7-8-16/h9-10,13,16,20-21,32-33H,3-8,11-12,14-15H2,1-2H3,(H2,31,36)/t20-,21-/m1/s1. The molecule has 196 valence electrons. The highest BCUT2D eigenvalue weighted by Crippen LogP contribution is 2.42. The van der Waals surface area contributed by atoms with Crippen LogP contribution in [-0.2, 0) is 19.0 Å². The normalized spacial score (nSPS) is 23.8. The Morgan fingerprint density at radius 2 is 1.89 bits per heavy atom. The van der Waals surface area contributed by atoms with E-state index in [0.29, 0.717) is 41.9 Å². The lowest BCUT2D eigenvalue weighted by Crippen LogP contribution is -2.47. The van der Waals surface area contributed by atoms with Gasteiger partial charge < -0.3 is 16.4 Å². The largest absolute Gasteiger partial charge is 0.435 e. The third kappa shape index (κ3) is 5.26. The first-order valence-electron chi connectivity index (χ1n) is 13.1. The van der Waals surface area contributed by atoms with Crippen LogP contribution in [0, 0.1) is 11.3 Å². The van der Waals surface area contributed by atoms with Gasteiger partial charge in [-0.15, -0.1) is 0 Å². The second-order valence-electron chi connectivity index (χ2n) is 11.6. The topological polar surface area (TPSA) is 85.0 Å². The van der Waals surface area contributed by atoms with Crippen LogP contribution in [0.3, 0.4) is 0 Å². The Morgan fingerprint density at radius 3 is 2.56 bits per heavy atom. The predicted molar refractivity (Wildman–Crippen MR) is 133 cm³/mol. The van der Waals surface area contributed by atoms with Crippen LogP contribution in [0.1, 0.15) is 86.1 Å². The van der Waals surface area contributed by atoms with E-state index in [4.69, 9.17) is 5.73 Å². The molecule has 2 atom stereocenters. The molecule has 2 saturated carbocycles. The van der Waals surface area contributed by atoms with E-state index in [9.17, 15) is 18.0 Å². The molecular weight excluding hydrogens is 467 g/mol. The van der Waals surface area contributed by atoms with E-state index < -0.39 is 17.8 Å². The molecule has 5 rings (SSSR count). The minimum absolute atomic E-state index is 0.113. The van der Waals surface area contributed by atoms with Gasteiger partial charge in [0, 0.05) is 29.0 Å². The molecule has 0 unspecified atom stereocenters. The van der Waals surface area contributed by atoms with Gasteiger partial charge in [-0.3, -0.25) is 4.79 Å². The van der Waals surface area contributed by atoms with Crippen LogP contribution < -0.4 is 16.4 Å². The molecule has 3 aliphatic rings. The molecule has 0 aliphatic heterocycles. The molecule has 0 saturated heterocycles. The van der Waals surface area contributed by atoms with Gasteiger partial charge in [0.15, 0.2) is 5.69 Å². The Labute approximate surface area is 210 Å². The van der Waals surface area contributed by atoms with Crippen LogP contribution in [0.15, 0.2) is 18.2 Å². The molecule has 9 heteroatoms. The molecule has 1 aromatic carbocycles. The van der Waals surface area contributed by atoms with Crippen molar-refractivity contribution >= 4 is 11.6 Å². The van der Waals surface area contributed by atoms with Gasteiger partial charge in [0.2, 0.25) is 0 Å². The molecule has 0 radical (unpaired) electrons. The lowest BCUT2D eigenvalue weighted by atomic mass is 9.76. The molecule has 36 heavy (non-hydrogen) atoms. The Kier molecular flexibility index (Phi) is 6.55. The monoisotopic (exact) mass is 503 g/mol. The lowest BCUT2D eigenvalue weighted by Gasteiger charge is -2.34. The van der Waals surface area contributed by atoms with E-state index in [1.807, 2.05) is 0 Å². The molecule has 3 aliphatic carbocycles. The maximum absolute atomic E-state index is 13.9. The van der Waals surface area contributed by atoms with Crippen molar-refractivity contribution in [3.8, 4) is 5.69 Å². The number of primary amides is 1. The molecule has 0 bridgehead atoms. The summed E-state index contributed by atoms with van der Waals surface area (Å²) in [6.45, 7) is 5.14. The molecular formula is C27H36F3N5O. The summed E-state index contributed by atoms with van der Waals surface area (Å²) in [4.78, 5) is 12.3. The Hall–Kier alpha value is -2.55. The number of rotatable bonds is 7. The van der Waals surface area contributed by atoms with Crippen LogP contribution in [-0.4, -0.2) is 34.3 Å². The van der Waals surface area contributed by atoms with Crippen molar-refractivity contribution in [1.29, 1.82) is 0 Å². The zero-order valence-corrected chi connectivity index (χ0v) is 21.0. The number of alkyl halides is 3. The zero-order chi connectivity index (χ0) is 25.7. The number of anilines is 1.